The van der Waals surface area contributed by atoms with Gasteiger partial charge < -0.3 is 35.0 Å². The third-order valence-electron chi connectivity index (χ3n) is 2.71. The van der Waals surface area contributed by atoms with Crippen LogP contribution in [0.5, 0.6) is 0 Å². The fraction of sp³-hybridized carbons (Fsp3) is 0.900. The molecule has 0 bridgehead atoms. The summed E-state index contributed by atoms with van der Waals surface area (Å²) in [7, 11) is 0. The van der Waals surface area contributed by atoms with E-state index in [0.717, 1.165) is 0 Å². The topological polar surface area (TPSA) is 137 Å². The van der Waals surface area contributed by atoms with E-state index in [1.807, 2.05) is 0 Å². The molecule has 1 heterocycles. The largest absolute Gasteiger partial charge is 0.462 e. The molecule has 0 aromatic heterocycles. The number of hydrogen-bond acceptors (Lipinski definition) is 8. The van der Waals surface area contributed by atoms with Gasteiger partial charge in [-0.1, -0.05) is 0 Å². The van der Waals surface area contributed by atoms with E-state index < -0.39 is 49.2 Å². The Morgan fingerprint density at radius 2 is 2.17 bits per heavy atom. The zero-order chi connectivity index (χ0) is 13.9. The van der Waals surface area contributed by atoms with Crippen LogP contribution in [0.2, 0.25) is 0 Å². The molecular weight excluding hydrogens is 248 g/mol. The normalized spacial score (nSPS) is 38.2. The highest BCUT2D eigenvalue weighted by molar-refractivity contribution is 5.77. The van der Waals surface area contributed by atoms with E-state index in [1.54, 1.807) is 0 Å². The SMILES string of the molecule is CCOC(=O)C1(O)C[C@@H](O)[C@@H](O)[C@@H]([C@H](O)CO)O1. The van der Waals surface area contributed by atoms with Crippen LogP contribution in [0.1, 0.15) is 13.3 Å². The molecule has 106 valence electrons. The van der Waals surface area contributed by atoms with Crippen LogP contribution >= 0.6 is 0 Å². The summed E-state index contributed by atoms with van der Waals surface area (Å²) in [6.07, 6.45) is -6.63. The first-order chi connectivity index (χ1) is 8.35. The van der Waals surface area contributed by atoms with Crippen molar-refractivity contribution in [3.63, 3.8) is 0 Å². The molecule has 1 saturated heterocycles. The van der Waals surface area contributed by atoms with Gasteiger partial charge in [0.1, 0.15) is 18.3 Å². The Morgan fingerprint density at radius 3 is 2.67 bits per heavy atom. The predicted molar refractivity (Wildman–Crippen MR) is 56.2 cm³/mol. The Hall–Kier alpha value is -0.770. The van der Waals surface area contributed by atoms with Gasteiger partial charge in [0.2, 0.25) is 0 Å². The Bertz CT molecular complexity index is 296. The number of aliphatic hydroxyl groups excluding tert-OH is 4. The van der Waals surface area contributed by atoms with Crippen molar-refractivity contribution in [1.29, 1.82) is 0 Å². The minimum atomic E-state index is -2.45. The summed E-state index contributed by atoms with van der Waals surface area (Å²) in [5, 5.41) is 47.2. The van der Waals surface area contributed by atoms with E-state index >= 15 is 0 Å². The van der Waals surface area contributed by atoms with Gasteiger partial charge in [0, 0.05) is 6.42 Å². The number of esters is 1. The minimum absolute atomic E-state index is 0.00360. The van der Waals surface area contributed by atoms with Crippen LogP contribution in [0, 0.1) is 0 Å². The lowest BCUT2D eigenvalue weighted by molar-refractivity contribution is -0.310. The standard InChI is InChI=1S/C10H18O8/c1-2-17-9(15)10(16)3-5(12)7(14)8(18-10)6(13)4-11/h5-8,11-14,16H,2-4H2,1H3/t5-,6-,7-,8-,10?/m1/s1. The molecular formula is C10H18O8. The summed E-state index contributed by atoms with van der Waals surface area (Å²) in [4.78, 5) is 11.5. The maximum atomic E-state index is 11.5. The Labute approximate surface area is 103 Å². The summed E-state index contributed by atoms with van der Waals surface area (Å²) in [6.45, 7) is 0.763. The summed E-state index contributed by atoms with van der Waals surface area (Å²) < 4.78 is 9.46. The molecule has 8 heteroatoms. The molecule has 8 nitrogen and oxygen atoms in total. The number of hydrogen-bond donors (Lipinski definition) is 5. The second-order valence-electron chi connectivity index (χ2n) is 4.10. The molecule has 0 amide bonds. The third-order valence-corrected chi connectivity index (χ3v) is 2.71. The first-order valence-electron chi connectivity index (χ1n) is 5.58. The third kappa shape index (κ3) is 2.97. The molecule has 0 aromatic rings. The number of aliphatic hydroxyl groups is 5. The van der Waals surface area contributed by atoms with Gasteiger partial charge in [-0.05, 0) is 6.92 Å². The number of carbonyl (C=O) groups excluding carboxylic acids is 1. The van der Waals surface area contributed by atoms with E-state index in [0.29, 0.717) is 0 Å². The molecule has 0 radical (unpaired) electrons. The quantitative estimate of drug-likeness (QED) is 0.342. The van der Waals surface area contributed by atoms with Gasteiger partial charge in [-0.15, -0.1) is 0 Å². The highest BCUT2D eigenvalue weighted by Crippen LogP contribution is 2.30. The Kier molecular flexibility index (Phi) is 5.02. The fourth-order valence-electron chi connectivity index (χ4n) is 1.75. The predicted octanol–water partition coefficient (Wildman–Crippen LogP) is -2.90. The smallest absolute Gasteiger partial charge is 0.366 e. The van der Waals surface area contributed by atoms with Crippen LogP contribution in [-0.2, 0) is 14.3 Å². The average molecular weight is 266 g/mol. The molecule has 1 aliphatic rings. The molecule has 0 saturated carbocycles. The van der Waals surface area contributed by atoms with Gasteiger partial charge in [0.25, 0.3) is 5.79 Å². The van der Waals surface area contributed by atoms with Gasteiger partial charge in [0.05, 0.1) is 19.3 Å². The first-order valence-corrected chi connectivity index (χ1v) is 5.58. The molecule has 1 unspecified atom stereocenters. The van der Waals surface area contributed by atoms with Gasteiger partial charge in [0.15, 0.2) is 0 Å². The van der Waals surface area contributed by atoms with Crippen LogP contribution in [-0.4, -0.2) is 74.9 Å². The van der Waals surface area contributed by atoms with Crippen molar-refractivity contribution < 1.29 is 39.8 Å². The van der Waals surface area contributed by atoms with E-state index in [9.17, 15) is 25.2 Å². The van der Waals surface area contributed by atoms with E-state index in [4.69, 9.17) is 9.84 Å². The van der Waals surface area contributed by atoms with Crippen LogP contribution in [0.4, 0.5) is 0 Å². The van der Waals surface area contributed by atoms with Gasteiger partial charge in [-0.2, -0.15) is 0 Å². The molecule has 5 N–H and O–H groups in total. The fourth-order valence-corrected chi connectivity index (χ4v) is 1.75. The Morgan fingerprint density at radius 1 is 1.56 bits per heavy atom. The molecule has 0 aromatic carbocycles. The van der Waals surface area contributed by atoms with E-state index in [1.165, 1.54) is 6.92 Å². The summed E-state index contributed by atoms with van der Waals surface area (Å²) in [5.41, 5.74) is 0. The Balaban J connectivity index is 2.87. The lowest BCUT2D eigenvalue weighted by atomic mass is 9.93. The lowest BCUT2D eigenvalue weighted by Crippen LogP contribution is -2.62. The second kappa shape index (κ2) is 5.91. The zero-order valence-electron chi connectivity index (χ0n) is 9.89. The molecule has 0 aliphatic carbocycles. The molecule has 0 spiro atoms. The first kappa shape index (κ1) is 15.3. The van der Waals surface area contributed by atoms with Crippen molar-refractivity contribution in [3.05, 3.63) is 0 Å². The van der Waals surface area contributed by atoms with Crippen molar-refractivity contribution in [1.82, 2.24) is 0 Å². The number of carbonyl (C=O) groups is 1. The van der Waals surface area contributed by atoms with E-state index in [-0.39, 0.29) is 6.61 Å². The van der Waals surface area contributed by atoms with Crippen LogP contribution < -0.4 is 0 Å². The molecule has 18 heavy (non-hydrogen) atoms. The highest BCUT2D eigenvalue weighted by Gasteiger charge is 2.52. The maximum Gasteiger partial charge on any atom is 0.366 e. The van der Waals surface area contributed by atoms with Crippen LogP contribution in [0.3, 0.4) is 0 Å². The zero-order valence-corrected chi connectivity index (χ0v) is 9.89. The maximum absolute atomic E-state index is 11.5. The van der Waals surface area contributed by atoms with Crippen molar-refractivity contribution in [3.8, 4) is 0 Å². The monoisotopic (exact) mass is 266 g/mol. The minimum Gasteiger partial charge on any atom is -0.462 e. The van der Waals surface area contributed by atoms with Crippen molar-refractivity contribution in [2.75, 3.05) is 13.2 Å². The average Bonchev–Trinajstić information content (AvgIpc) is 2.33. The van der Waals surface area contributed by atoms with Crippen molar-refractivity contribution in [2.24, 2.45) is 0 Å². The van der Waals surface area contributed by atoms with Crippen molar-refractivity contribution in [2.45, 2.75) is 43.5 Å². The van der Waals surface area contributed by atoms with Gasteiger partial charge >= 0.3 is 5.97 Å². The summed E-state index contributed by atoms with van der Waals surface area (Å²) >= 11 is 0. The second-order valence-corrected chi connectivity index (χ2v) is 4.10. The summed E-state index contributed by atoms with van der Waals surface area (Å²) in [5.74, 6) is -3.57. The number of ether oxygens (including phenoxy) is 2. The van der Waals surface area contributed by atoms with E-state index in [2.05, 4.69) is 4.74 Å². The van der Waals surface area contributed by atoms with Gasteiger partial charge in [-0.3, -0.25) is 0 Å². The summed E-state index contributed by atoms with van der Waals surface area (Å²) in [6, 6.07) is 0. The number of rotatable bonds is 4. The lowest BCUT2D eigenvalue weighted by Gasteiger charge is -2.41. The molecule has 1 aliphatic heterocycles. The highest BCUT2D eigenvalue weighted by atomic mass is 16.7. The van der Waals surface area contributed by atoms with Gasteiger partial charge in [-0.25, -0.2) is 4.79 Å². The van der Waals surface area contributed by atoms with Crippen LogP contribution in [0.15, 0.2) is 0 Å². The molecule has 1 rings (SSSR count). The molecule has 5 atom stereocenters. The van der Waals surface area contributed by atoms with Crippen molar-refractivity contribution >= 4 is 5.97 Å². The molecule has 1 fully saturated rings. The van der Waals surface area contributed by atoms with Crippen LogP contribution in [0.25, 0.3) is 0 Å².